The number of halogens is 1. The number of thioether (sulfide) groups is 1. The van der Waals surface area contributed by atoms with E-state index in [4.69, 9.17) is 21.3 Å². The second-order valence-electron chi connectivity index (χ2n) is 6.62. The molecule has 0 bridgehead atoms. The standard InChI is InChI=1S/C20H21ClN6OS2/c1-26-11-14(10-22-26)19-23-15(12-29-19)13-30-20-25-24-18(27(20)8-5-9-28-2)16-6-3-4-7-17(16)21/h3-4,6-7,10-12H,5,8-9,13H2,1-2H3. The number of ether oxygens (including phenoxy) is 1. The highest BCUT2D eigenvalue weighted by atomic mass is 35.5. The first-order chi connectivity index (χ1) is 14.7. The number of methoxy groups -OCH3 is 1. The summed E-state index contributed by atoms with van der Waals surface area (Å²) >= 11 is 9.65. The van der Waals surface area contributed by atoms with Crippen molar-refractivity contribution in [2.24, 2.45) is 7.05 Å². The van der Waals surface area contributed by atoms with Gasteiger partial charge in [0.15, 0.2) is 11.0 Å². The summed E-state index contributed by atoms with van der Waals surface area (Å²) in [5.74, 6) is 1.48. The Hall–Kier alpha value is -2.20. The van der Waals surface area contributed by atoms with E-state index in [1.165, 1.54) is 0 Å². The lowest BCUT2D eigenvalue weighted by Crippen LogP contribution is -2.05. The van der Waals surface area contributed by atoms with Crippen LogP contribution in [-0.4, -0.2) is 43.2 Å². The molecule has 0 atom stereocenters. The smallest absolute Gasteiger partial charge is 0.191 e. The van der Waals surface area contributed by atoms with Crippen molar-refractivity contribution in [1.82, 2.24) is 29.5 Å². The molecule has 0 aliphatic heterocycles. The average molecular weight is 461 g/mol. The Bertz CT molecular complexity index is 1120. The molecule has 4 aromatic rings. The van der Waals surface area contributed by atoms with E-state index >= 15 is 0 Å². The molecule has 0 saturated carbocycles. The lowest BCUT2D eigenvalue weighted by molar-refractivity contribution is 0.189. The lowest BCUT2D eigenvalue weighted by atomic mass is 10.2. The maximum Gasteiger partial charge on any atom is 0.191 e. The molecule has 0 radical (unpaired) electrons. The summed E-state index contributed by atoms with van der Waals surface area (Å²) in [5, 5.41) is 17.6. The quantitative estimate of drug-likeness (QED) is 0.264. The summed E-state index contributed by atoms with van der Waals surface area (Å²) in [6.45, 7) is 1.42. The maximum absolute atomic E-state index is 6.41. The molecule has 0 unspecified atom stereocenters. The van der Waals surface area contributed by atoms with Crippen molar-refractivity contribution in [2.75, 3.05) is 13.7 Å². The average Bonchev–Trinajstić information content (AvgIpc) is 3.47. The van der Waals surface area contributed by atoms with E-state index in [2.05, 4.69) is 25.2 Å². The van der Waals surface area contributed by atoms with Gasteiger partial charge in [0.25, 0.3) is 0 Å². The Kier molecular flexibility index (Phi) is 6.83. The van der Waals surface area contributed by atoms with Gasteiger partial charge in [0, 0.05) is 55.8 Å². The number of rotatable bonds is 9. The van der Waals surface area contributed by atoms with E-state index in [1.54, 1.807) is 34.9 Å². The highest BCUT2D eigenvalue weighted by molar-refractivity contribution is 7.98. The molecule has 3 heterocycles. The van der Waals surface area contributed by atoms with Crippen molar-refractivity contribution in [3.63, 3.8) is 0 Å². The normalized spacial score (nSPS) is 11.3. The fourth-order valence-corrected chi connectivity index (χ4v) is 4.96. The number of hydrogen-bond acceptors (Lipinski definition) is 7. The van der Waals surface area contributed by atoms with Crippen molar-refractivity contribution < 1.29 is 4.74 Å². The molecule has 3 aromatic heterocycles. The first kappa shape index (κ1) is 21.0. The summed E-state index contributed by atoms with van der Waals surface area (Å²) in [7, 11) is 3.61. The maximum atomic E-state index is 6.41. The van der Waals surface area contributed by atoms with E-state index in [0.717, 1.165) is 45.8 Å². The van der Waals surface area contributed by atoms with Gasteiger partial charge in [-0.15, -0.1) is 21.5 Å². The molecule has 10 heteroatoms. The Balaban J connectivity index is 1.53. The molecule has 0 spiro atoms. The largest absolute Gasteiger partial charge is 0.385 e. The van der Waals surface area contributed by atoms with Gasteiger partial charge in [-0.1, -0.05) is 35.5 Å². The third-order valence-corrected chi connectivity index (χ3v) is 6.68. The van der Waals surface area contributed by atoms with Crippen LogP contribution < -0.4 is 0 Å². The first-order valence-electron chi connectivity index (χ1n) is 9.39. The summed E-state index contributed by atoms with van der Waals surface area (Å²) < 4.78 is 9.11. The molecule has 30 heavy (non-hydrogen) atoms. The molecule has 0 aliphatic rings. The van der Waals surface area contributed by atoms with Crippen molar-refractivity contribution in [3.8, 4) is 22.0 Å². The minimum absolute atomic E-state index is 0.662. The van der Waals surface area contributed by atoms with Crippen molar-refractivity contribution in [3.05, 3.63) is 52.8 Å². The zero-order valence-electron chi connectivity index (χ0n) is 16.7. The van der Waals surface area contributed by atoms with Crippen molar-refractivity contribution in [1.29, 1.82) is 0 Å². The molecule has 0 amide bonds. The molecule has 156 valence electrons. The van der Waals surface area contributed by atoms with Gasteiger partial charge in [0.05, 0.1) is 16.9 Å². The van der Waals surface area contributed by atoms with Gasteiger partial charge in [0.1, 0.15) is 5.01 Å². The van der Waals surface area contributed by atoms with Gasteiger partial charge in [-0.05, 0) is 18.6 Å². The second kappa shape index (κ2) is 9.74. The van der Waals surface area contributed by atoms with E-state index in [1.807, 2.05) is 43.7 Å². The molecule has 7 nitrogen and oxygen atoms in total. The zero-order valence-corrected chi connectivity index (χ0v) is 19.0. The van der Waals surface area contributed by atoms with Crippen LogP contribution in [-0.2, 0) is 24.1 Å². The van der Waals surface area contributed by atoms with Gasteiger partial charge in [-0.25, -0.2) is 4.98 Å². The SMILES string of the molecule is COCCCn1c(SCc2csc(-c3cnn(C)c3)n2)nnc1-c1ccccc1Cl. The number of aryl methyl sites for hydroxylation is 1. The van der Waals surface area contributed by atoms with Gasteiger partial charge in [0.2, 0.25) is 0 Å². The number of hydrogen-bond donors (Lipinski definition) is 0. The predicted molar refractivity (Wildman–Crippen MR) is 121 cm³/mol. The van der Waals surface area contributed by atoms with Gasteiger partial charge in [-0.3, -0.25) is 4.68 Å². The second-order valence-corrected chi connectivity index (χ2v) is 8.83. The minimum atomic E-state index is 0.662. The van der Waals surface area contributed by atoms with Gasteiger partial charge >= 0.3 is 0 Å². The van der Waals surface area contributed by atoms with Crippen molar-refractivity contribution >= 4 is 34.7 Å². The molecule has 0 fully saturated rings. The van der Waals surface area contributed by atoms with E-state index < -0.39 is 0 Å². The summed E-state index contributed by atoms with van der Waals surface area (Å²) in [6.07, 6.45) is 4.66. The minimum Gasteiger partial charge on any atom is -0.385 e. The summed E-state index contributed by atoms with van der Waals surface area (Å²) in [6, 6.07) is 7.70. The molecular weight excluding hydrogens is 440 g/mol. The molecule has 0 saturated heterocycles. The van der Waals surface area contributed by atoms with Crippen LogP contribution >= 0.6 is 34.7 Å². The van der Waals surface area contributed by atoms with Gasteiger partial charge in [-0.2, -0.15) is 5.10 Å². The van der Waals surface area contributed by atoms with E-state index in [-0.39, 0.29) is 0 Å². The molecular formula is C20H21ClN6OS2. The van der Waals surface area contributed by atoms with Crippen LogP contribution in [0.1, 0.15) is 12.1 Å². The van der Waals surface area contributed by atoms with Crippen LogP contribution in [0, 0.1) is 0 Å². The lowest BCUT2D eigenvalue weighted by Gasteiger charge is -2.10. The fraction of sp³-hybridized carbons (Fsp3) is 0.300. The molecule has 0 N–H and O–H groups in total. The van der Waals surface area contributed by atoms with Crippen molar-refractivity contribution in [2.45, 2.75) is 23.9 Å². The Morgan fingerprint density at radius 3 is 2.87 bits per heavy atom. The summed E-state index contributed by atoms with van der Waals surface area (Å²) in [4.78, 5) is 4.74. The zero-order chi connectivity index (χ0) is 20.9. The highest BCUT2D eigenvalue weighted by Gasteiger charge is 2.17. The Morgan fingerprint density at radius 2 is 2.10 bits per heavy atom. The Morgan fingerprint density at radius 1 is 1.23 bits per heavy atom. The molecule has 0 aliphatic carbocycles. The van der Waals surface area contributed by atoms with Crippen LogP contribution in [0.15, 0.2) is 47.2 Å². The molecule has 4 rings (SSSR count). The fourth-order valence-electron chi connectivity index (χ4n) is 2.98. The first-order valence-corrected chi connectivity index (χ1v) is 11.6. The predicted octanol–water partition coefficient (Wildman–Crippen LogP) is 4.78. The third kappa shape index (κ3) is 4.75. The Labute approximate surface area is 188 Å². The van der Waals surface area contributed by atoms with Crippen LogP contribution in [0.3, 0.4) is 0 Å². The van der Waals surface area contributed by atoms with Crippen LogP contribution in [0.25, 0.3) is 22.0 Å². The third-order valence-electron chi connectivity index (χ3n) is 4.41. The number of aromatic nitrogens is 6. The molecule has 1 aromatic carbocycles. The topological polar surface area (TPSA) is 70.7 Å². The van der Waals surface area contributed by atoms with E-state index in [0.29, 0.717) is 17.4 Å². The van der Waals surface area contributed by atoms with Crippen LogP contribution in [0.4, 0.5) is 0 Å². The summed E-state index contributed by atoms with van der Waals surface area (Å²) in [5.41, 5.74) is 2.92. The van der Waals surface area contributed by atoms with Crippen LogP contribution in [0.5, 0.6) is 0 Å². The highest BCUT2D eigenvalue weighted by Crippen LogP contribution is 2.31. The monoisotopic (exact) mass is 460 g/mol. The van der Waals surface area contributed by atoms with Gasteiger partial charge < -0.3 is 9.30 Å². The van der Waals surface area contributed by atoms with Crippen LogP contribution in [0.2, 0.25) is 5.02 Å². The number of nitrogens with zero attached hydrogens (tertiary/aromatic N) is 6. The van der Waals surface area contributed by atoms with E-state index in [9.17, 15) is 0 Å². The number of benzene rings is 1. The number of thiazole rings is 1.